The standard InChI is InChI=1S/C22H23ClF2N6O2/c23-22(24,25)33-16-3-1-15(2-4-16)30-20(32)14-11-17(18(27)5-8-26)19(28-12-14)31-10-9-29-21(13-31)6-7-21/h1-5,8,11-12,26,29H,6-7,9-10,13,27H2,(H,30,32)/b18-5-,26-8?. The van der Waals surface area contributed by atoms with Crippen LogP contribution in [0.4, 0.5) is 20.3 Å². The van der Waals surface area contributed by atoms with Crippen molar-refractivity contribution in [1.82, 2.24) is 10.3 Å². The van der Waals surface area contributed by atoms with Crippen molar-refractivity contribution in [3.63, 3.8) is 0 Å². The highest BCUT2D eigenvalue weighted by atomic mass is 35.5. The lowest BCUT2D eigenvalue weighted by Gasteiger charge is -2.36. The molecular formula is C22H23ClF2N6O2. The number of aromatic nitrogens is 1. The first-order valence-corrected chi connectivity index (χ1v) is 10.7. The van der Waals surface area contributed by atoms with Crippen molar-refractivity contribution in [2.24, 2.45) is 5.73 Å². The quantitative estimate of drug-likeness (QED) is 0.359. The molecule has 1 spiro atoms. The van der Waals surface area contributed by atoms with Crippen LogP contribution in [0.1, 0.15) is 28.8 Å². The highest BCUT2D eigenvalue weighted by Crippen LogP contribution is 2.39. The fraction of sp³-hybridized carbons (Fsp3) is 0.318. The van der Waals surface area contributed by atoms with Crippen molar-refractivity contribution >= 4 is 40.9 Å². The third-order valence-electron chi connectivity index (χ3n) is 5.58. The first-order valence-electron chi connectivity index (χ1n) is 10.3. The summed E-state index contributed by atoms with van der Waals surface area (Å²) in [5, 5.41) is 13.6. The first kappa shape index (κ1) is 22.9. The van der Waals surface area contributed by atoms with Crippen molar-refractivity contribution in [1.29, 1.82) is 5.41 Å². The summed E-state index contributed by atoms with van der Waals surface area (Å²) in [6.45, 7) is 2.38. The fourth-order valence-electron chi connectivity index (χ4n) is 3.79. The molecule has 2 heterocycles. The van der Waals surface area contributed by atoms with Gasteiger partial charge in [0, 0.05) is 66.1 Å². The number of ether oxygens (including phenoxy) is 1. The van der Waals surface area contributed by atoms with E-state index in [-0.39, 0.29) is 16.9 Å². The average molecular weight is 477 g/mol. The van der Waals surface area contributed by atoms with E-state index in [1.165, 1.54) is 36.5 Å². The summed E-state index contributed by atoms with van der Waals surface area (Å²) < 4.78 is 29.7. The number of allylic oxidation sites excluding steroid dienone is 1. The van der Waals surface area contributed by atoms with Gasteiger partial charge in [-0.15, -0.1) is 8.78 Å². The maximum absolute atomic E-state index is 12.8. The number of anilines is 2. The Balaban J connectivity index is 1.55. The Morgan fingerprint density at radius 1 is 1.36 bits per heavy atom. The monoisotopic (exact) mass is 476 g/mol. The van der Waals surface area contributed by atoms with Crippen LogP contribution in [0.15, 0.2) is 42.6 Å². The molecule has 1 amide bonds. The molecule has 0 bridgehead atoms. The summed E-state index contributed by atoms with van der Waals surface area (Å²) >= 11 is 4.75. The van der Waals surface area contributed by atoms with Gasteiger partial charge >= 0.3 is 5.57 Å². The third kappa shape index (κ3) is 5.58. The van der Waals surface area contributed by atoms with Gasteiger partial charge in [0.25, 0.3) is 5.91 Å². The van der Waals surface area contributed by atoms with Gasteiger partial charge < -0.3 is 31.4 Å². The van der Waals surface area contributed by atoms with Crippen LogP contribution in [0.25, 0.3) is 5.70 Å². The molecule has 0 unspecified atom stereocenters. The number of nitrogens with zero attached hydrogens (tertiary/aromatic N) is 2. The van der Waals surface area contributed by atoms with Gasteiger partial charge in [-0.25, -0.2) is 4.98 Å². The molecule has 33 heavy (non-hydrogen) atoms. The molecule has 1 saturated carbocycles. The van der Waals surface area contributed by atoms with Gasteiger partial charge in [-0.2, -0.15) is 0 Å². The van der Waals surface area contributed by atoms with Gasteiger partial charge in [0.1, 0.15) is 11.6 Å². The minimum Gasteiger partial charge on any atom is -0.420 e. The number of carbonyl (C=O) groups excluding carboxylic acids is 1. The van der Waals surface area contributed by atoms with Crippen molar-refractivity contribution < 1.29 is 18.3 Å². The lowest BCUT2D eigenvalue weighted by atomic mass is 10.1. The van der Waals surface area contributed by atoms with Crippen LogP contribution < -0.4 is 26.0 Å². The van der Waals surface area contributed by atoms with E-state index in [0.717, 1.165) is 38.7 Å². The van der Waals surface area contributed by atoms with E-state index in [0.29, 0.717) is 22.8 Å². The van der Waals surface area contributed by atoms with Gasteiger partial charge in [-0.05, 0) is 49.2 Å². The normalized spacial score (nSPS) is 17.5. The number of amides is 1. The fourth-order valence-corrected chi connectivity index (χ4v) is 3.88. The molecule has 1 saturated heterocycles. The minimum atomic E-state index is -3.82. The number of alkyl halides is 3. The molecule has 8 nitrogen and oxygen atoms in total. The number of carbonyl (C=O) groups is 1. The molecule has 5 N–H and O–H groups in total. The summed E-state index contributed by atoms with van der Waals surface area (Å²) in [7, 11) is 0. The highest BCUT2D eigenvalue weighted by molar-refractivity contribution is 6.20. The molecule has 4 rings (SSSR count). The lowest BCUT2D eigenvalue weighted by Crippen LogP contribution is -2.53. The number of hydrogen-bond donors (Lipinski definition) is 4. The predicted molar refractivity (Wildman–Crippen MR) is 123 cm³/mol. The predicted octanol–water partition coefficient (Wildman–Crippen LogP) is 3.39. The Kier molecular flexibility index (Phi) is 6.22. The van der Waals surface area contributed by atoms with Gasteiger partial charge in [-0.1, -0.05) is 0 Å². The molecule has 2 aliphatic rings. The molecule has 2 fully saturated rings. The first-order chi connectivity index (χ1) is 15.7. The molecular weight excluding hydrogens is 454 g/mol. The molecule has 1 aliphatic carbocycles. The van der Waals surface area contributed by atoms with Gasteiger partial charge in [0.2, 0.25) is 0 Å². The number of pyridine rings is 1. The van der Waals surface area contributed by atoms with E-state index < -0.39 is 11.5 Å². The summed E-state index contributed by atoms with van der Waals surface area (Å²) in [5.74, 6) is 0.0713. The molecule has 1 aromatic heterocycles. The third-order valence-corrected chi connectivity index (χ3v) is 5.65. The molecule has 11 heteroatoms. The Labute approximate surface area is 194 Å². The Hall–Kier alpha value is -3.24. The molecule has 0 atom stereocenters. The molecule has 0 radical (unpaired) electrons. The summed E-state index contributed by atoms with van der Waals surface area (Å²) in [5.41, 5.74) is 4.03. The van der Waals surface area contributed by atoms with E-state index in [1.807, 2.05) is 0 Å². The van der Waals surface area contributed by atoms with Crippen LogP contribution in [0.5, 0.6) is 5.75 Å². The van der Waals surface area contributed by atoms with Crippen LogP contribution in [-0.2, 0) is 0 Å². The van der Waals surface area contributed by atoms with Crippen molar-refractivity contribution in [2.45, 2.75) is 23.9 Å². The number of hydrogen-bond acceptors (Lipinski definition) is 7. The highest BCUT2D eigenvalue weighted by Gasteiger charge is 2.46. The second-order valence-electron chi connectivity index (χ2n) is 8.04. The van der Waals surface area contributed by atoms with Crippen LogP contribution in [0.3, 0.4) is 0 Å². The topological polar surface area (TPSA) is 116 Å². The average Bonchev–Trinajstić information content (AvgIpc) is 3.52. The number of nitrogens with one attached hydrogen (secondary N) is 3. The molecule has 174 valence electrons. The van der Waals surface area contributed by atoms with Crippen LogP contribution in [0.2, 0.25) is 0 Å². The van der Waals surface area contributed by atoms with Crippen LogP contribution in [0, 0.1) is 5.41 Å². The molecule has 1 aromatic carbocycles. The second kappa shape index (κ2) is 8.95. The summed E-state index contributed by atoms with van der Waals surface area (Å²) in [6, 6.07) is 7.00. The smallest absolute Gasteiger partial charge is 0.420 e. The largest absolute Gasteiger partial charge is 0.487 e. The Morgan fingerprint density at radius 2 is 2.09 bits per heavy atom. The number of piperazine rings is 1. The second-order valence-corrected chi connectivity index (χ2v) is 8.48. The zero-order chi connectivity index (χ0) is 23.6. The van der Waals surface area contributed by atoms with E-state index in [2.05, 4.69) is 25.3 Å². The summed E-state index contributed by atoms with van der Waals surface area (Å²) in [4.78, 5) is 19.5. The minimum absolute atomic E-state index is 0.122. The van der Waals surface area contributed by atoms with Crippen LogP contribution in [-0.4, -0.2) is 47.8 Å². The van der Waals surface area contributed by atoms with Crippen molar-refractivity contribution in [2.75, 3.05) is 29.9 Å². The number of halogens is 3. The van der Waals surface area contributed by atoms with Gasteiger partial charge in [-0.3, -0.25) is 4.79 Å². The number of nitrogens with two attached hydrogens (primary N) is 1. The number of benzene rings is 1. The zero-order valence-corrected chi connectivity index (χ0v) is 18.3. The van der Waals surface area contributed by atoms with E-state index >= 15 is 0 Å². The zero-order valence-electron chi connectivity index (χ0n) is 17.6. The van der Waals surface area contributed by atoms with Crippen molar-refractivity contribution in [3.8, 4) is 5.75 Å². The maximum atomic E-state index is 12.8. The molecule has 2 aromatic rings. The van der Waals surface area contributed by atoms with E-state index in [9.17, 15) is 13.6 Å². The Bertz CT molecular complexity index is 1080. The molecule has 1 aliphatic heterocycles. The van der Waals surface area contributed by atoms with E-state index in [1.54, 1.807) is 6.07 Å². The lowest BCUT2D eigenvalue weighted by molar-refractivity contribution is -0.0964. The van der Waals surface area contributed by atoms with Gasteiger partial charge in [0.15, 0.2) is 0 Å². The van der Waals surface area contributed by atoms with Gasteiger partial charge in [0.05, 0.1) is 5.56 Å². The number of rotatable bonds is 7. The van der Waals surface area contributed by atoms with Crippen LogP contribution >= 0.6 is 11.6 Å². The van der Waals surface area contributed by atoms with E-state index in [4.69, 9.17) is 22.7 Å². The summed E-state index contributed by atoms with van der Waals surface area (Å²) in [6.07, 6.45) is 6.22. The Morgan fingerprint density at radius 3 is 2.73 bits per heavy atom. The van der Waals surface area contributed by atoms with Crippen molar-refractivity contribution in [3.05, 3.63) is 53.7 Å². The SMILES string of the molecule is N=C/C=C(\N)c1cc(C(=O)Nc2ccc(OC(F)(F)Cl)cc2)cnc1N1CCNC2(CC2)C1. The maximum Gasteiger partial charge on any atom is 0.487 e.